The van der Waals surface area contributed by atoms with Gasteiger partial charge in [-0.3, -0.25) is 4.79 Å². The minimum absolute atomic E-state index is 0.00133. The first kappa shape index (κ1) is 23.4. The summed E-state index contributed by atoms with van der Waals surface area (Å²) in [4.78, 5) is 16.2. The largest absolute Gasteiger partial charge is 0.497 e. The van der Waals surface area contributed by atoms with Gasteiger partial charge in [-0.2, -0.15) is 0 Å². The average molecular weight is 491 g/mol. The molecule has 2 N–H and O–H groups in total. The van der Waals surface area contributed by atoms with Gasteiger partial charge in [-0.05, 0) is 52.6 Å². The summed E-state index contributed by atoms with van der Waals surface area (Å²) in [5.74, 6) is 1.05. The summed E-state index contributed by atoms with van der Waals surface area (Å²) in [5.41, 5.74) is 3.35. The highest BCUT2D eigenvalue weighted by molar-refractivity contribution is 7.99. The number of carbonyl (C=O) groups is 1. The van der Waals surface area contributed by atoms with E-state index in [-0.39, 0.29) is 17.6 Å². The number of carbonyl (C=O) groups excluding carboxylic acids is 1. The Bertz CT molecular complexity index is 1260. The summed E-state index contributed by atoms with van der Waals surface area (Å²) in [6.45, 7) is 0.487. The fourth-order valence-electron chi connectivity index (χ4n) is 4.86. The van der Waals surface area contributed by atoms with Gasteiger partial charge in [-0.25, -0.2) is 4.68 Å². The molecule has 2 heterocycles. The molecular formula is C26H30N6O2S. The number of nitrogens with zero attached hydrogens (tertiary/aromatic N) is 4. The van der Waals surface area contributed by atoms with Gasteiger partial charge in [0.05, 0.1) is 18.9 Å². The number of rotatable bonds is 9. The van der Waals surface area contributed by atoms with E-state index < -0.39 is 0 Å². The zero-order valence-electron chi connectivity index (χ0n) is 19.8. The molecule has 1 aliphatic rings. The smallest absolute Gasteiger partial charge is 0.230 e. The fourth-order valence-corrected chi connectivity index (χ4v) is 5.63. The first-order valence-electron chi connectivity index (χ1n) is 12.1. The Labute approximate surface area is 208 Å². The molecule has 5 rings (SSSR count). The number of hydrogen-bond acceptors (Lipinski definition) is 6. The van der Waals surface area contributed by atoms with Crippen LogP contribution in [0.1, 0.15) is 55.2 Å². The first-order valence-corrected chi connectivity index (χ1v) is 13.1. The van der Waals surface area contributed by atoms with E-state index in [0.717, 1.165) is 45.8 Å². The number of methoxy groups -OCH3 is 1. The molecule has 0 saturated heterocycles. The third-order valence-corrected chi connectivity index (χ3v) is 7.67. The van der Waals surface area contributed by atoms with E-state index in [1.165, 1.54) is 31.0 Å². The standard InChI is InChI=1S/C26H30N6O2S/c1-34-20-13-11-18(12-14-20)22(23-16-27-24-10-6-5-9-21(23)24)15-28-25(33)17-35-26-29-30-31-32(26)19-7-3-2-4-8-19/h5-6,9-14,16,19,22,27H,2-4,7-8,15,17H2,1H3,(H,28,33)/t22-/m0/s1. The number of thioether (sulfide) groups is 1. The molecule has 4 aromatic rings. The van der Waals surface area contributed by atoms with E-state index in [1.54, 1.807) is 7.11 Å². The summed E-state index contributed by atoms with van der Waals surface area (Å²) < 4.78 is 7.24. The summed E-state index contributed by atoms with van der Waals surface area (Å²) in [6.07, 6.45) is 7.91. The Kier molecular flexibility index (Phi) is 7.32. The molecular weight excluding hydrogens is 460 g/mol. The number of benzene rings is 2. The molecule has 8 nitrogen and oxygen atoms in total. The molecule has 2 aromatic carbocycles. The number of aromatic amines is 1. The van der Waals surface area contributed by atoms with Crippen LogP contribution in [0, 0.1) is 0 Å². The summed E-state index contributed by atoms with van der Waals surface area (Å²) in [7, 11) is 1.66. The second-order valence-corrected chi connectivity index (χ2v) is 9.85. The van der Waals surface area contributed by atoms with Crippen LogP contribution < -0.4 is 10.1 Å². The third-order valence-electron chi connectivity index (χ3n) is 6.73. The number of nitrogens with one attached hydrogen (secondary N) is 2. The lowest BCUT2D eigenvalue weighted by molar-refractivity contribution is -0.118. The Balaban J connectivity index is 1.28. The van der Waals surface area contributed by atoms with Crippen LogP contribution >= 0.6 is 11.8 Å². The predicted octanol–water partition coefficient (Wildman–Crippen LogP) is 4.71. The molecule has 2 aromatic heterocycles. The average Bonchev–Trinajstić information content (AvgIpc) is 3.56. The molecule has 1 atom stereocenters. The van der Waals surface area contributed by atoms with Crippen LogP contribution in [0.3, 0.4) is 0 Å². The van der Waals surface area contributed by atoms with Crippen LogP contribution in [0.25, 0.3) is 10.9 Å². The summed E-state index contributed by atoms with van der Waals surface area (Å²) in [5, 5.41) is 17.2. The lowest BCUT2D eigenvalue weighted by atomic mass is 9.91. The Morgan fingerprint density at radius 1 is 1.17 bits per heavy atom. The second-order valence-electron chi connectivity index (χ2n) is 8.91. The molecule has 0 spiro atoms. The fraction of sp³-hybridized carbons (Fsp3) is 0.385. The minimum Gasteiger partial charge on any atom is -0.497 e. The van der Waals surface area contributed by atoms with Gasteiger partial charge in [0.2, 0.25) is 11.1 Å². The van der Waals surface area contributed by atoms with Crippen LogP contribution in [0.15, 0.2) is 59.9 Å². The maximum absolute atomic E-state index is 12.9. The van der Waals surface area contributed by atoms with E-state index in [2.05, 4.69) is 50.1 Å². The molecule has 35 heavy (non-hydrogen) atoms. The van der Waals surface area contributed by atoms with Crippen molar-refractivity contribution < 1.29 is 9.53 Å². The molecule has 1 fully saturated rings. The number of ether oxygens (including phenoxy) is 1. The lowest BCUT2D eigenvalue weighted by Crippen LogP contribution is -2.30. The van der Waals surface area contributed by atoms with Crippen molar-refractivity contribution in [3.05, 3.63) is 65.9 Å². The number of amides is 1. The van der Waals surface area contributed by atoms with Gasteiger partial charge in [-0.1, -0.05) is 61.4 Å². The van der Waals surface area contributed by atoms with Gasteiger partial charge >= 0.3 is 0 Å². The molecule has 1 saturated carbocycles. The quantitative estimate of drug-likeness (QED) is 0.330. The van der Waals surface area contributed by atoms with E-state index in [1.807, 2.05) is 35.1 Å². The number of hydrogen-bond donors (Lipinski definition) is 2. The van der Waals surface area contributed by atoms with E-state index in [9.17, 15) is 4.79 Å². The van der Waals surface area contributed by atoms with Crippen molar-refractivity contribution in [3.63, 3.8) is 0 Å². The van der Waals surface area contributed by atoms with Crippen LogP contribution in [0.2, 0.25) is 0 Å². The number of para-hydroxylation sites is 1. The third kappa shape index (κ3) is 5.35. The zero-order valence-corrected chi connectivity index (χ0v) is 20.6. The van der Waals surface area contributed by atoms with Crippen molar-refractivity contribution in [2.45, 2.75) is 49.2 Å². The highest BCUT2D eigenvalue weighted by atomic mass is 32.2. The highest BCUT2D eigenvalue weighted by Gasteiger charge is 2.22. The maximum atomic E-state index is 12.9. The van der Waals surface area contributed by atoms with Crippen molar-refractivity contribution >= 4 is 28.6 Å². The molecule has 0 aliphatic heterocycles. The molecule has 1 amide bonds. The number of tetrazole rings is 1. The summed E-state index contributed by atoms with van der Waals surface area (Å²) in [6, 6.07) is 16.6. The predicted molar refractivity (Wildman–Crippen MR) is 137 cm³/mol. The number of fused-ring (bicyclic) bond motifs is 1. The van der Waals surface area contributed by atoms with Crippen molar-refractivity contribution in [1.82, 2.24) is 30.5 Å². The lowest BCUT2D eigenvalue weighted by Gasteiger charge is -2.22. The molecule has 0 unspecified atom stereocenters. The van der Waals surface area contributed by atoms with Crippen LogP contribution in [-0.4, -0.2) is 50.5 Å². The topological polar surface area (TPSA) is 97.7 Å². The van der Waals surface area contributed by atoms with E-state index >= 15 is 0 Å². The van der Waals surface area contributed by atoms with E-state index in [4.69, 9.17) is 4.74 Å². The highest BCUT2D eigenvalue weighted by Crippen LogP contribution is 2.32. The van der Waals surface area contributed by atoms with Gasteiger partial charge < -0.3 is 15.0 Å². The van der Waals surface area contributed by atoms with Gasteiger partial charge in [-0.15, -0.1) is 5.10 Å². The second kappa shape index (κ2) is 10.9. The maximum Gasteiger partial charge on any atom is 0.230 e. The number of aromatic nitrogens is 5. The van der Waals surface area contributed by atoms with Crippen molar-refractivity contribution in [1.29, 1.82) is 0 Å². The molecule has 9 heteroatoms. The monoisotopic (exact) mass is 490 g/mol. The molecule has 0 radical (unpaired) electrons. The van der Waals surface area contributed by atoms with Crippen molar-refractivity contribution in [3.8, 4) is 5.75 Å². The van der Waals surface area contributed by atoms with Gasteiger partial charge in [0.1, 0.15) is 5.75 Å². The molecule has 0 bridgehead atoms. The Morgan fingerprint density at radius 3 is 2.77 bits per heavy atom. The van der Waals surface area contributed by atoms with Gasteiger partial charge in [0.25, 0.3) is 0 Å². The summed E-state index contributed by atoms with van der Waals surface area (Å²) >= 11 is 1.40. The normalized spacial score (nSPS) is 15.2. The molecule has 182 valence electrons. The Morgan fingerprint density at radius 2 is 1.97 bits per heavy atom. The zero-order chi connectivity index (χ0) is 24.0. The van der Waals surface area contributed by atoms with Crippen molar-refractivity contribution in [2.24, 2.45) is 0 Å². The molecule has 1 aliphatic carbocycles. The number of H-pyrrole nitrogens is 1. The SMILES string of the molecule is COc1ccc([C@H](CNC(=O)CSc2nnnn2C2CCCCC2)c2c[nH]c3ccccc23)cc1. The minimum atomic E-state index is -0.0356. The van der Waals surface area contributed by atoms with Gasteiger partial charge in [0.15, 0.2) is 0 Å². The van der Waals surface area contributed by atoms with Crippen molar-refractivity contribution in [2.75, 3.05) is 19.4 Å². The first-order chi connectivity index (χ1) is 17.2. The van der Waals surface area contributed by atoms with Gasteiger partial charge in [0, 0.05) is 29.6 Å². The van der Waals surface area contributed by atoms with Crippen LogP contribution in [0.4, 0.5) is 0 Å². The van der Waals surface area contributed by atoms with E-state index in [0.29, 0.717) is 12.6 Å². The van der Waals surface area contributed by atoms with Crippen LogP contribution in [0.5, 0.6) is 5.75 Å². The van der Waals surface area contributed by atoms with Crippen LogP contribution in [-0.2, 0) is 4.79 Å². The Hall–Kier alpha value is -3.33.